The quantitative estimate of drug-likeness (QED) is 0.385. The van der Waals surface area contributed by atoms with Gasteiger partial charge in [0.05, 0.1) is 0 Å². The maximum absolute atomic E-state index is 3.35. The first kappa shape index (κ1) is 9.74. The van der Waals surface area contributed by atoms with Crippen molar-refractivity contribution in [2.75, 3.05) is 0 Å². The molecule has 5 heavy (non-hydrogen) atoms. The van der Waals surface area contributed by atoms with Gasteiger partial charge in [0, 0.05) is 0 Å². The average molecular weight is 141 g/mol. The van der Waals surface area contributed by atoms with Crippen LogP contribution in [0, 0.1) is 6.08 Å². The van der Waals surface area contributed by atoms with Gasteiger partial charge in [0.15, 0.2) is 0 Å². The molecule has 0 heterocycles. The zero-order chi connectivity index (χ0) is 3.41. The second-order valence-corrected chi connectivity index (χ2v) is 0.604. The molecule has 0 rings (SSSR count). The molecule has 0 fully saturated rings. The predicted molar refractivity (Wildman–Crippen MR) is 19.2 cm³/mol. The van der Waals surface area contributed by atoms with Crippen LogP contribution in [0.25, 0.3) is 0 Å². The first-order chi connectivity index (χ1) is 1.91. The zero-order valence-corrected chi connectivity index (χ0v) is 8.83. The van der Waals surface area contributed by atoms with Crippen molar-refractivity contribution < 1.29 is 58.2 Å². The molecule has 0 unspecified atom stereocenters. The van der Waals surface area contributed by atoms with Crippen molar-refractivity contribution in [2.24, 2.45) is 0 Å². The molecule has 1 heteroatoms. The van der Waals surface area contributed by atoms with Gasteiger partial charge in [-0.15, -0.1) is 0 Å². The van der Waals surface area contributed by atoms with Gasteiger partial charge in [0.1, 0.15) is 0 Å². The Morgan fingerprint density at radius 1 is 1.80 bits per heavy atom. The van der Waals surface area contributed by atoms with E-state index in [9.17, 15) is 0 Å². The fraction of sp³-hybridized carbons (Fsp3) is 0.500. The van der Waals surface area contributed by atoms with Crippen LogP contribution in [0.5, 0.6) is 0 Å². The summed E-state index contributed by atoms with van der Waals surface area (Å²) < 4.78 is 0. The van der Waals surface area contributed by atoms with Gasteiger partial charge in [-0.1, -0.05) is 6.92 Å². The van der Waals surface area contributed by atoms with Crippen molar-refractivity contribution in [3.8, 4) is 0 Å². The van der Waals surface area contributed by atoms with Crippen LogP contribution in [-0.2, 0) is 0 Å². The molecule has 0 N–H and O–H groups in total. The summed E-state index contributed by atoms with van der Waals surface area (Å²) in [6, 6.07) is 0. The van der Waals surface area contributed by atoms with Gasteiger partial charge < -0.3 is 6.08 Å². The monoisotopic (exact) mass is 140 g/mol. The topological polar surface area (TPSA) is 0 Å². The molecule has 24 valence electrons. The SMILES string of the molecule is C=[C-]CC.[Rb+]. The Labute approximate surface area is 82.4 Å². The third kappa shape index (κ3) is 10.8. The van der Waals surface area contributed by atoms with E-state index in [-0.39, 0.29) is 58.2 Å². The summed E-state index contributed by atoms with van der Waals surface area (Å²) in [5.41, 5.74) is 0. The maximum Gasteiger partial charge on any atom is 1.00 e. The molecule has 0 aromatic rings. The Hall–Kier alpha value is 1.55. The molecule has 0 saturated heterocycles. The van der Waals surface area contributed by atoms with Crippen molar-refractivity contribution in [1.82, 2.24) is 0 Å². The van der Waals surface area contributed by atoms with Crippen LogP contribution in [-0.4, -0.2) is 0 Å². The number of hydrogen-bond donors (Lipinski definition) is 0. The molecule has 0 nitrogen and oxygen atoms in total. The largest absolute Gasteiger partial charge is 1.00 e. The van der Waals surface area contributed by atoms with Gasteiger partial charge in [0.2, 0.25) is 0 Å². The van der Waals surface area contributed by atoms with Gasteiger partial charge in [-0.3, -0.25) is 6.58 Å². The summed E-state index contributed by atoms with van der Waals surface area (Å²) in [6.45, 7) is 5.36. The van der Waals surface area contributed by atoms with Crippen LogP contribution in [0.2, 0.25) is 0 Å². The van der Waals surface area contributed by atoms with E-state index in [2.05, 4.69) is 12.7 Å². The van der Waals surface area contributed by atoms with Crippen LogP contribution in [0.4, 0.5) is 0 Å². The van der Waals surface area contributed by atoms with Gasteiger partial charge in [-0.25, -0.2) is 0 Å². The van der Waals surface area contributed by atoms with Gasteiger partial charge in [0.25, 0.3) is 0 Å². The molecule has 0 bridgehead atoms. The summed E-state index contributed by atoms with van der Waals surface area (Å²) in [6.07, 6.45) is 3.64. The van der Waals surface area contributed by atoms with E-state index in [1.54, 1.807) is 0 Å². The summed E-state index contributed by atoms with van der Waals surface area (Å²) in [5, 5.41) is 0. The molecule has 0 aromatic heterocycles. The Kier molecular flexibility index (Phi) is 17.8. The van der Waals surface area contributed by atoms with Gasteiger partial charge >= 0.3 is 58.2 Å². The standard InChI is InChI=1S/C4H7.Rb/c1-3-4-2;/h1,4H2,2H3;/q-1;+1. The number of rotatable bonds is 1. The molecule has 0 radical (unpaired) electrons. The van der Waals surface area contributed by atoms with Gasteiger partial charge in [-0.05, 0) is 0 Å². The minimum Gasteiger partial charge on any atom is -0.504 e. The number of allylic oxidation sites excluding steroid dienone is 1. The van der Waals surface area contributed by atoms with Crippen LogP contribution in [0.15, 0.2) is 6.58 Å². The molecule has 0 amide bonds. The molecule has 0 saturated carbocycles. The fourth-order valence-corrected chi connectivity index (χ4v) is 0. The average Bonchev–Trinajstić information content (AvgIpc) is 1.37. The Balaban J connectivity index is 0. The minimum atomic E-state index is 0. The molecule has 0 aromatic carbocycles. The van der Waals surface area contributed by atoms with Crippen LogP contribution >= 0.6 is 0 Å². The van der Waals surface area contributed by atoms with Crippen LogP contribution < -0.4 is 58.2 Å². The first-order valence-electron chi connectivity index (χ1n) is 1.41. The summed E-state index contributed by atoms with van der Waals surface area (Å²) >= 11 is 0. The van der Waals surface area contributed by atoms with Crippen molar-refractivity contribution in [3.05, 3.63) is 12.7 Å². The molecule has 0 aliphatic carbocycles. The van der Waals surface area contributed by atoms with Crippen molar-refractivity contribution >= 4 is 0 Å². The van der Waals surface area contributed by atoms with Crippen molar-refractivity contribution in [2.45, 2.75) is 13.3 Å². The van der Waals surface area contributed by atoms with E-state index in [1.165, 1.54) is 0 Å². The van der Waals surface area contributed by atoms with E-state index in [4.69, 9.17) is 0 Å². The Bertz CT molecular complexity index is 17.6. The van der Waals surface area contributed by atoms with E-state index in [0.29, 0.717) is 0 Å². The predicted octanol–water partition coefficient (Wildman–Crippen LogP) is -1.61. The van der Waals surface area contributed by atoms with Crippen LogP contribution in [0.3, 0.4) is 0 Å². The summed E-state index contributed by atoms with van der Waals surface area (Å²) in [5.74, 6) is 0. The fourth-order valence-electron chi connectivity index (χ4n) is 0. The number of hydrogen-bond acceptors (Lipinski definition) is 0. The normalized spacial score (nSPS) is 5.00. The van der Waals surface area contributed by atoms with Crippen molar-refractivity contribution in [1.29, 1.82) is 0 Å². The Morgan fingerprint density at radius 3 is 2.00 bits per heavy atom. The van der Waals surface area contributed by atoms with Crippen LogP contribution in [0.1, 0.15) is 13.3 Å². The van der Waals surface area contributed by atoms with E-state index >= 15 is 0 Å². The van der Waals surface area contributed by atoms with E-state index < -0.39 is 0 Å². The molecular formula is C4H7Rb. The molecule has 0 spiro atoms. The third-order valence-electron chi connectivity index (χ3n) is 0.250. The Morgan fingerprint density at radius 2 is 2.00 bits per heavy atom. The zero-order valence-electron chi connectivity index (χ0n) is 3.91. The smallest absolute Gasteiger partial charge is 0.504 e. The minimum absolute atomic E-state index is 0. The second kappa shape index (κ2) is 9.11. The summed E-state index contributed by atoms with van der Waals surface area (Å²) in [7, 11) is 0. The van der Waals surface area contributed by atoms with E-state index in [1.807, 2.05) is 6.92 Å². The van der Waals surface area contributed by atoms with E-state index in [0.717, 1.165) is 6.42 Å². The third-order valence-corrected chi connectivity index (χ3v) is 0.250. The van der Waals surface area contributed by atoms with Crippen molar-refractivity contribution in [3.63, 3.8) is 0 Å². The van der Waals surface area contributed by atoms with Gasteiger partial charge in [-0.2, -0.15) is 6.42 Å². The maximum atomic E-state index is 3.35. The molecular weight excluding hydrogens is 134 g/mol. The second-order valence-electron chi connectivity index (χ2n) is 0.604. The molecule has 0 atom stereocenters. The first-order valence-corrected chi connectivity index (χ1v) is 1.41. The summed E-state index contributed by atoms with van der Waals surface area (Å²) in [4.78, 5) is 0. The molecule has 0 aliphatic rings. The molecule has 0 aliphatic heterocycles.